The Kier molecular flexibility index (Phi) is 3.77. The van der Waals surface area contributed by atoms with E-state index in [4.69, 9.17) is 23.2 Å². The van der Waals surface area contributed by atoms with E-state index in [9.17, 15) is 0 Å². The van der Waals surface area contributed by atoms with E-state index >= 15 is 0 Å². The molecule has 3 aromatic rings. The fraction of sp³-hybridized carbons (Fsp3) is 0. The third kappa shape index (κ3) is 2.72. The van der Waals surface area contributed by atoms with Crippen LogP contribution in [-0.2, 0) is 0 Å². The van der Waals surface area contributed by atoms with Crippen LogP contribution in [0.3, 0.4) is 0 Å². The maximum absolute atomic E-state index is 6.09. The summed E-state index contributed by atoms with van der Waals surface area (Å²) in [7, 11) is 0. The highest BCUT2D eigenvalue weighted by molar-refractivity contribution is 6.31. The van der Waals surface area contributed by atoms with Crippen LogP contribution >= 0.6 is 23.2 Å². The summed E-state index contributed by atoms with van der Waals surface area (Å²) in [4.78, 5) is 0. The monoisotopic (exact) mass is 297 g/mol. The van der Waals surface area contributed by atoms with Gasteiger partial charge in [0.1, 0.15) is 0 Å². The van der Waals surface area contributed by atoms with Crippen LogP contribution in [0.15, 0.2) is 66.7 Å². The summed E-state index contributed by atoms with van der Waals surface area (Å²) in [5.74, 6) is 0. The van der Waals surface area contributed by atoms with E-state index in [1.807, 2.05) is 54.6 Å². The molecule has 0 aliphatic carbocycles. The molecule has 3 aromatic carbocycles. The molecule has 20 heavy (non-hydrogen) atoms. The Labute approximate surface area is 128 Å². The SMILES string of the molecule is Clc1ccc(-c2[c]cccc2-c2cccc(Cl)c2)cc1. The summed E-state index contributed by atoms with van der Waals surface area (Å²) < 4.78 is 0. The molecule has 0 saturated heterocycles. The minimum absolute atomic E-state index is 0.730. The first-order valence-electron chi connectivity index (χ1n) is 6.26. The Bertz CT molecular complexity index is 730. The highest BCUT2D eigenvalue weighted by Crippen LogP contribution is 2.33. The van der Waals surface area contributed by atoms with Gasteiger partial charge in [0.15, 0.2) is 0 Å². The van der Waals surface area contributed by atoms with E-state index in [-0.39, 0.29) is 0 Å². The first kappa shape index (κ1) is 13.2. The molecule has 0 nitrogen and oxygen atoms in total. The van der Waals surface area contributed by atoms with Crippen LogP contribution in [-0.4, -0.2) is 0 Å². The lowest BCUT2D eigenvalue weighted by Gasteiger charge is -2.10. The van der Waals surface area contributed by atoms with Crippen molar-refractivity contribution in [1.29, 1.82) is 0 Å². The molecule has 0 aliphatic rings. The first-order chi connectivity index (χ1) is 9.74. The van der Waals surface area contributed by atoms with Gasteiger partial charge in [-0.1, -0.05) is 65.7 Å². The molecular weight excluding hydrogens is 287 g/mol. The quantitative estimate of drug-likeness (QED) is 0.534. The number of hydrogen-bond acceptors (Lipinski definition) is 0. The molecule has 0 aliphatic heterocycles. The topological polar surface area (TPSA) is 0 Å². The third-order valence-electron chi connectivity index (χ3n) is 3.12. The van der Waals surface area contributed by atoms with Crippen molar-refractivity contribution >= 4 is 23.2 Å². The van der Waals surface area contributed by atoms with Crippen LogP contribution < -0.4 is 0 Å². The Balaban J connectivity index is 2.16. The van der Waals surface area contributed by atoms with Gasteiger partial charge < -0.3 is 0 Å². The molecule has 0 fully saturated rings. The van der Waals surface area contributed by atoms with Crippen LogP contribution in [0.1, 0.15) is 0 Å². The summed E-state index contributed by atoms with van der Waals surface area (Å²) in [6.07, 6.45) is 0. The van der Waals surface area contributed by atoms with E-state index in [1.165, 1.54) is 0 Å². The fourth-order valence-electron chi connectivity index (χ4n) is 2.19. The molecule has 0 unspecified atom stereocenters. The van der Waals surface area contributed by atoms with Gasteiger partial charge in [0.2, 0.25) is 0 Å². The van der Waals surface area contributed by atoms with Crippen LogP contribution in [0, 0.1) is 6.07 Å². The molecule has 1 radical (unpaired) electrons. The molecule has 0 atom stereocenters. The Morgan fingerprint density at radius 2 is 1.50 bits per heavy atom. The van der Waals surface area contributed by atoms with Crippen molar-refractivity contribution in [2.24, 2.45) is 0 Å². The van der Waals surface area contributed by atoms with E-state index in [2.05, 4.69) is 18.2 Å². The molecule has 0 spiro atoms. The zero-order valence-electron chi connectivity index (χ0n) is 10.6. The van der Waals surface area contributed by atoms with E-state index in [1.54, 1.807) is 0 Å². The van der Waals surface area contributed by atoms with Gasteiger partial charge in [-0.2, -0.15) is 0 Å². The van der Waals surface area contributed by atoms with E-state index < -0.39 is 0 Å². The zero-order valence-corrected chi connectivity index (χ0v) is 12.1. The van der Waals surface area contributed by atoms with Crippen LogP contribution in [0.5, 0.6) is 0 Å². The molecular formula is C18H11Cl2. The highest BCUT2D eigenvalue weighted by Gasteiger charge is 2.07. The molecule has 2 heteroatoms. The molecule has 3 rings (SSSR count). The number of halogens is 2. The van der Waals surface area contributed by atoms with Crippen LogP contribution in [0.25, 0.3) is 22.3 Å². The second-order valence-electron chi connectivity index (χ2n) is 4.48. The molecule has 0 amide bonds. The maximum atomic E-state index is 6.09. The van der Waals surface area contributed by atoms with Crippen molar-refractivity contribution < 1.29 is 0 Å². The van der Waals surface area contributed by atoms with Gasteiger partial charge in [0.25, 0.3) is 0 Å². The van der Waals surface area contributed by atoms with Crippen molar-refractivity contribution in [2.75, 3.05) is 0 Å². The van der Waals surface area contributed by atoms with E-state index in [0.717, 1.165) is 32.3 Å². The molecule has 0 saturated carbocycles. The summed E-state index contributed by atoms with van der Waals surface area (Å²) in [5.41, 5.74) is 4.33. The average molecular weight is 298 g/mol. The van der Waals surface area contributed by atoms with Gasteiger partial charge in [-0.05, 0) is 52.6 Å². The lowest BCUT2D eigenvalue weighted by molar-refractivity contribution is 1.57. The third-order valence-corrected chi connectivity index (χ3v) is 3.61. The second-order valence-corrected chi connectivity index (χ2v) is 5.35. The van der Waals surface area contributed by atoms with Crippen LogP contribution in [0.4, 0.5) is 0 Å². The lowest BCUT2D eigenvalue weighted by atomic mass is 9.95. The van der Waals surface area contributed by atoms with Crippen molar-refractivity contribution in [3.8, 4) is 22.3 Å². The number of benzene rings is 3. The Morgan fingerprint density at radius 3 is 2.25 bits per heavy atom. The largest absolute Gasteiger partial charge is 0.0843 e. The summed E-state index contributed by atoms with van der Waals surface area (Å²) in [5, 5.41) is 1.46. The molecule has 0 bridgehead atoms. The smallest absolute Gasteiger partial charge is 0.0412 e. The molecule has 97 valence electrons. The Hall–Kier alpha value is -1.76. The predicted molar refractivity (Wildman–Crippen MR) is 86.2 cm³/mol. The summed E-state index contributed by atoms with van der Waals surface area (Å²) in [6, 6.07) is 24.9. The van der Waals surface area contributed by atoms with Gasteiger partial charge in [0.05, 0.1) is 0 Å². The van der Waals surface area contributed by atoms with Crippen LogP contribution in [0.2, 0.25) is 10.0 Å². The number of rotatable bonds is 2. The predicted octanol–water partition coefficient (Wildman–Crippen LogP) is 6.13. The minimum atomic E-state index is 0.730. The van der Waals surface area contributed by atoms with Gasteiger partial charge in [-0.15, -0.1) is 0 Å². The molecule has 0 N–H and O–H groups in total. The maximum Gasteiger partial charge on any atom is 0.0412 e. The first-order valence-corrected chi connectivity index (χ1v) is 7.02. The average Bonchev–Trinajstić information content (AvgIpc) is 2.48. The van der Waals surface area contributed by atoms with Gasteiger partial charge >= 0.3 is 0 Å². The van der Waals surface area contributed by atoms with Crippen molar-refractivity contribution in [1.82, 2.24) is 0 Å². The fourth-order valence-corrected chi connectivity index (χ4v) is 2.51. The summed E-state index contributed by atoms with van der Waals surface area (Å²) in [6.45, 7) is 0. The Morgan fingerprint density at radius 1 is 0.700 bits per heavy atom. The number of hydrogen-bond donors (Lipinski definition) is 0. The molecule has 0 aromatic heterocycles. The van der Waals surface area contributed by atoms with Crippen molar-refractivity contribution in [2.45, 2.75) is 0 Å². The summed E-state index contributed by atoms with van der Waals surface area (Å²) >= 11 is 12.0. The standard InChI is InChI=1S/C18H11Cl2/c19-15-10-8-13(9-11-15)17-6-1-2-7-18(17)14-4-3-5-16(20)12-14/h1-5,7-12H. The molecule has 0 heterocycles. The second kappa shape index (κ2) is 5.70. The van der Waals surface area contributed by atoms with Crippen molar-refractivity contribution in [3.05, 3.63) is 82.8 Å². The lowest BCUT2D eigenvalue weighted by Crippen LogP contribution is -1.85. The van der Waals surface area contributed by atoms with Gasteiger partial charge in [-0.3, -0.25) is 0 Å². The van der Waals surface area contributed by atoms with E-state index in [0.29, 0.717) is 0 Å². The van der Waals surface area contributed by atoms with Crippen molar-refractivity contribution in [3.63, 3.8) is 0 Å². The zero-order chi connectivity index (χ0) is 13.9. The highest BCUT2D eigenvalue weighted by atomic mass is 35.5. The minimum Gasteiger partial charge on any atom is -0.0843 e. The normalized spacial score (nSPS) is 10.5. The van der Waals surface area contributed by atoms with Gasteiger partial charge in [0, 0.05) is 10.0 Å². The van der Waals surface area contributed by atoms with Gasteiger partial charge in [-0.25, -0.2) is 0 Å².